The Hall–Kier alpha value is -8.08. The Morgan fingerprint density at radius 1 is 0.615 bits per heavy atom. The van der Waals surface area contributed by atoms with Crippen LogP contribution in [0.4, 0.5) is 4.79 Å². The molecule has 3 amide bonds. The molecule has 1 aliphatic heterocycles. The van der Waals surface area contributed by atoms with Gasteiger partial charge in [-0.1, -0.05) is 61.5 Å². The van der Waals surface area contributed by atoms with Crippen molar-refractivity contribution < 1.29 is 76.1 Å². The van der Waals surface area contributed by atoms with Crippen molar-refractivity contribution in [3.63, 3.8) is 0 Å². The van der Waals surface area contributed by atoms with Gasteiger partial charge in [-0.2, -0.15) is 5.10 Å². The SMILES string of the molecule is CCCOc1ccc(COCCC2OCCO2)cc1.COc1ccc(C(=O)N/N=C/CCOCc2ccc(OCCNC(=O)OCc3ccccc3)cc2)cc1OCC(C)=O.COc1ccc(C(=O)NN)cc1OCC(C)=O. The van der Waals surface area contributed by atoms with E-state index in [0.29, 0.717) is 99.1 Å². The molecular weight excluding hydrogens is 1010 g/mol. The zero-order valence-electron chi connectivity index (χ0n) is 44.8. The van der Waals surface area contributed by atoms with Gasteiger partial charge in [-0.25, -0.2) is 16.1 Å². The van der Waals surface area contributed by atoms with Crippen molar-refractivity contribution in [2.45, 2.75) is 66.1 Å². The molecule has 5 N–H and O–H groups in total. The summed E-state index contributed by atoms with van der Waals surface area (Å²) in [4.78, 5) is 57.5. The number of hydrazine groups is 1. The van der Waals surface area contributed by atoms with Crippen LogP contribution in [0.25, 0.3) is 0 Å². The van der Waals surface area contributed by atoms with Crippen molar-refractivity contribution in [3.05, 3.63) is 143 Å². The molecule has 5 aromatic carbocycles. The highest BCUT2D eigenvalue weighted by Gasteiger charge is 2.16. The molecule has 0 atom stereocenters. The first-order chi connectivity index (χ1) is 37.9. The van der Waals surface area contributed by atoms with Crippen molar-refractivity contribution >= 4 is 35.7 Å². The lowest BCUT2D eigenvalue weighted by atomic mass is 10.2. The number of hydrogen-bond acceptors (Lipinski definition) is 18. The third kappa shape index (κ3) is 25.2. The highest BCUT2D eigenvalue weighted by Crippen LogP contribution is 2.29. The minimum Gasteiger partial charge on any atom is -0.494 e. The molecule has 0 unspecified atom stereocenters. The summed E-state index contributed by atoms with van der Waals surface area (Å²) in [6, 6.07) is 34.2. The van der Waals surface area contributed by atoms with Crippen LogP contribution in [-0.2, 0) is 53.1 Å². The molecule has 1 fully saturated rings. The molecule has 0 aliphatic carbocycles. The second-order valence-corrected chi connectivity index (χ2v) is 16.8. The number of amides is 3. The normalized spacial score (nSPS) is 11.7. The largest absolute Gasteiger partial charge is 0.494 e. The number of methoxy groups -OCH3 is 2. The number of benzene rings is 5. The summed E-state index contributed by atoms with van der Waals surface area (Å²) in [6.07, 6.45) is 3.29. The molecule has 21 nitrogen and oxygen atoms in total. The molecule has 78 heavy (non-hydrogen) atoms. The van der Waals surface area contributed by atoms with Gasteiger partial charge in [0.15, 0.2) is 40.9 Å². The predicted molar refractivity (Wildman–Crippen MR) is 289 cm³/mol. The van der Waals surface area contributed by atoms with Crippen LogP contribution in [0.5, 0.6) is 34.5 Å². The zero-order valence-corrected chi connectivity index (χ0v) is 44.8. The van der Waals surface area contributed by atoms with Crippen LogP contribution < -0.4 is 50.4 Å². The lowest BCUT2D eigenvalue weighted by molar-refractivity contribution is -0.119. The van der Waals surface area contributed by atoms with Crippen LogP contribution in [0.3, 0.4) is 0 Å². The number of nitrogens with one attached hydrogen (secondary N) is 3. The van der Waals surface area contributed by atoms with E-state index in [0.717, 1.165) is 41.9 Å². The summed E-state index contributed by atoms with van der Waals surface area (Å²) in [7, 11) is 2.95. The summed E-state index contributed by atoms with van der Waals surface area (Å²) in [6.45, 7) is 9.79. The topological polar surface area (TPSA) is 261 Å². The molecule has 0 aromatic heterocycles. The summed E-state index contributed by atoms with van der Waals surface area (Å²) < 4.78 is 59.1. The minimum absolute atomic E-state index is 0.0789. The summed E-state index contributed by atoms with van der Waals surface area (Å²) in [5.41, 5.74) is 8.14. The first-order valence-corrected chi connectivity index (χ1v) is 25.1. The number of carbonyl (C=O) groups excluding carboxylic acids is 5. The maximum absolute atomic E-state index is 12.4. The van der Waals surface area contributed by atoms with E-state index in [1.165, 1.54) is 40.2 Å². The van der Waals surface area contributed by atoms with Gasteiger partial charge in [0, 0.05) is 30.2 Å². The van der Waals surface area contributed by atoms with Gasteiger partial charge in [-0.15, -0.1) is 0 Å². The Bertz CT molecular complexity index is 2600. The molecule has 0 bridgehead atoms. The van der Waals surface area contributed by atoms with Gasteiger partial charge >= 0.3 is 6.09 Å². The van der Waals surface area contributed by atoms with E-state index in [1.807, 2.05) is 84.3 Å². The number of Topliss-reactive ketones (excluding diaryl/α,β-unsaturated/α-hetero) is 2. The van der Waals surface area contributed by atoms with Gasteiger partial charge in [0.2, 0.25) is 0 Å². The van der Waals surface area contributed by atoms with Crippen molar-refractivity contribution in [1.82, 2.24) is 16.2 Å². The lowest BCUT2D eigenvalue weighted by Gasteiger charge is -2.10. The van der Waals surface area contributed by atoms with Crippen molar-refractivity contribution in [3.8, 4) is 34.5 Å². The van der Waals surface area contributed by atoms with E-state index in [9.17, 15) is 24.0 Å². The first-order valence-electron chi connectivity index (χ1n) is 25.1. The Labute approximate surface area is 454 Å². The van der Waals surface area contributed by atoms with Crippen LogP contribution in [-0.4, -0.2) is 116 Å². The average Bonchev–Trinajstić information content (AvgIpc) is 4.00. The third-order valence-electron chi connectivity index (χ3n) is 10.4. The molecule has 1 heterocycles. The number of nitrogens with two attached hydrogens (primary N) is 1. The van der Waals surface area contributed by atoms with Crippen molar-refractivity contribution in [1.29, 1.82) is 0 Å². The average molecular weight is 1080 g/mol. The Kier molecular flexibility index (Phi) is 29.5. The fraction of sp³-hybridized carbons (Fsp3) is 0.368. The number of rotatable bonds is 30. The number of alkyl carbamates (subject to hydrolysis) is 1. The van der Waals surface area contributed by atoms with Crippen LogP contribution in [0, 0.1) is 0 Å². The van der Waals surface area contributed by atoms with E-state index < -0.39 is 17.9 Å². The Morgan fingerprint density at radius 2 is 1.14 bits per heavy atom. The van der Waals surface area contributed by atoms with E-state index in [4.69, 9.17) is 57.9 Å². The molecule has 21 heteroatoms. The van der Waals surface area contributed by atoms with E-state index in [-0.39, 0.29) is 37.7 Å². The van der Waals surface area contributed by atoms with Crippen molar-refractivity contribution in [2.24, 2.45) is 10.9 Å². The third-order valence-corrected chi connectivity index (χ3v) is 10.4. The number of hydrazone groups is 1. The maximum Gasteiger partial charge on any atom is 0.407 e. The summed E-state index contributed by atoms with van der Waals surface area (Å²) in [5, 5.41) is 6.59. The predicted octanol–water partition coefficient (Wildman–Crippen LogP) is 7.31. The van der Waals surface area contributed by atoms with Crippen LogP contribution in [0.15, 0.2) is 120 Å². The maximum atomic E-state index is 12.4. The highest BCUT2D eigenvalue weighted by molar-refractivity contribution is 5.95. The van der Waals surface area contributed by atoms with Gasteiger partial charge in [0.1, 0.15) is 37.9 Å². The van der Waals surface area contributed by atoms with Crippen LogP contribution in [0.2, 0.25) is 0 Å². The molecule has 0 saturated carbocycles. The van der Waals surface area contributed by atoms with E-state index in [1.54, 1.807) is 30.5 Å². The number of nitrogen functional groups attached to an aromatic ring is 1. The second kappa shape index (κ2) is 36.8. The van der Waals surface area contributed by atoms with Crippen LogP contribution >= 0.6 is 0 Å². The fourth-order valence-electron chi connectivity index (χ4n) is 6.49. The highest BCUT2D eigenvalue weighted by atomic mass is 16.7. The van der Waals surface area contributed by atoms with Gasteiger partial charge in [-0.05, 0) is 97.6 Å². The number of hydrogen-bond donors (Lipinski definition) is 4. The molecule has 420 valence electrons. The van der Waals surface area contributed by atoms with Crippen molar-refractivity contribution in [2.75, 3.05) is 73.6 Å². The van der Waals surface area contributed by atoms with Gasteiger partial charge in [0.05, 0.1) is 67.0 Å². The Balaban J connectivity index is 0.000000298. The number of ketones is 2. The van der Waals surface area contributed by atoms with Gasteiger partial charge in [0.25, 0.3) is 11.8 Å². The second-order valence-electron chi connectivity index (χ2n) is 16.8. The van der Waals surface area contributed by atoms with E-state index in [2.05, 4.69) is 22.8 Å². The van der Waals surface area contributed by atoms with Crippen LogP contribution in [0.1, 0.15) is 77.4 Å². The molecule has 1 saturated heterocycles. The summed E-state index contributed by atoms with van der Waals surface area (Å²) >= 11 is 0. The minimum atomic E-state index is -0.495. The van der Waals surface area contributed by atoms with Gasteiger partial charge in [-0.3, -0.25) is 24.6 Å². The molecule has 1 aliphatic rings. The number of carbonyl (C=O) groups is 5. The lowest BCUT2D eigenvalue weighted by Crippen LogP contribution is -2.29. The molecule has 5 aromatic rings. The van der Waals surface area contributed by atoms with E-state index >= 15 is 0 Å². The van der Waals surface area contributed by atoms with Gasteiger partial charge < -0.3 is 57.4 Å². The Morgan fingerprint density at radius 3 is 1.67 bits per heavy atom. The number of nitrogens with zero attached hydrogens (tertiary/aromatic N) is 1. The molecule has 0 radical (unpaired) electrons. The summed E-state index contributed by atoms with van der Waals surface area (Å²) in [5.74, 6) is 6.95. The standard InChI is InChI=1S/C31H35N3O8.C15H22O4.C11H14N2O4/c1-23(35)20-41-29-19-26(11-14-28(29)38-2)30(36)34-33-15-6-17-39-21-25-9-12-27(13-10-25)40-18-16-32-31(37)42-22-24-7-4-3-5-8-24;1-2-8-17-14-5-3-13(4-6-14)12-16-9-7-15-18-10-11-19-15;1-7(14)6-17-10-5-8(11(15)13-12)3-4-9(10)16-2/h3-5,7-15,19H,6,16-18,20-22H2,1-2H3,(H,32,37)(H,34,36);3-6,15H,2,7-12H2,1H3;3-5H,6,12H2,1-2H3,(H,13,15)/b33-15+;;. The molecule has 0 spiro atoms. The quantitative estimate of drug-likeness (QED) is 0.0115. The smallest absolute Gasteiger partial charge is 0.407 e. The number of ether oxygens (including phenoxy) is 11. The fourth-order valence-corrected chi connectivity index (χ4v) is 6.49. The first kappa shape index (κ1) is 62.5. The molecule has 6 rings (SSSR count). The monoisotopic (exact) mass is 1080 g/mol. The zero-order chi connectivity index (χ0) is 56.2. The molecular formula is C57H71N5O16.